The molecule has 0 aliphatic rings. The van der Waals surface area contributed by atoms with Gasteiger partial charge in [-0.25, -0.2) is 13.1 Å². The van der Waals surface area contributed by atoms with Crippen LogP contribution in [0.2, 0.25) is 0 Å². The van der Waals surface area contributed by atoms with Gasteiger partial charge in [-0.3, -0.25) is 0 Å². The molecule has 0 bridgehead atoms. The van der Waals surface area contributed by atoms with Crippen molar-refractivity contribution in [1.29, 1.82) is 0 Å². The van der Waals surface area contributed by atoms with Crippen molar-refractivity contribution in [3.63, 3.8) is 0 Å². The molecular formula is C15H17BrN2O2S. The summed E-state index contributed by atoms with van der Waals surface area (Å²) in [4.78, 5) is 2.92. The number of benzene rings is 1. The molecule has 4 nitrogen and oxygen atoms in total. The Balaban J connectivity index is 2.23. The van der Waals surface area contributed by atoms with E-state index in [9.17, 15) is 8.42 Å². The quantitative estimate of drug-likeness (QED) is 0.864. The molecule has 0 saturated heterocycles. The van der Waals surface area contributed by atoms with E-state index >= 15 is 0 Å². The smallest absolute Gasteiger partial charge is 0.256 e. The second-order valence-electron chi connectivity index (χ2n) is 4.53. The molecule has 0 radical (unpaired) electrons. The maximum Gasteiger partial charge on any atom is 0.256 e. The monoisotopic (exact) mass is 368 g/mol. The lowest BCUT2D eigenvalue weighted by molar-refractivity contribution is 0.578. The van der Waals surface area contributed by atoms with E-state index in [1.54, 1.807) is 6.07 Å². The summed E-state index contributed by atoms with van der Waals surface area (Å²) in [7, 11) is -3.55. The van der Waals surface area contributed by atoms with Gasteiger partial charge in [0.25, 0.3) is 10.0 Å². The standard InChI is InChI=1S/C15H17BrN2O2S/c1-3-12-9-15(18-14(12)4-2)21(19,20)17-10-11-5-7-13(16)8-6-11/h3-9,17-18H,10H2,1-2H3. The SMILES string of the molecule is CC=c1cc(S(=O)(=O)NCc2ccc(Br)cc2)[nH]c1=CC. The number of hydrogen-bond acceptors (Lipinski definition) is 2. The Kier molecular flexibility index (Phi) is 5.03. The second kappa shape index (κ2) is 6.60. The zero-order valence-electron chi connectivity index (χ0n) is 11.9. The number of rotatable bonds is 4. The van der Waals surface area contributed by atoms with Gasteiger partial charge in [0, 0.05) is 16.4 Å². The predicted octanol–water partition coefficient (Wildman–Crippen LogP) is 1.86. The highest BCUT2D eigenvalue weighted by atomic mass is 79.9. The molecule has 0 unspecified atom stereocenters. The summed E-state index contributed by atoms with van der Waals surface area (Å²) in [5.74, 6) is 0. The van der Waals surface area contributed by atoms with Crippen LogP contribution in [0.4, 0.5) is 0 Å². The van der Waals surface area contributed by atoms with E-state index in [-0.39, 0.29) is 11.6 Å². The van der Waals surface area contributed by atoms with E-state index in [1.807, 2.05) is 50.3 Å². The van der Waals surface area contributed by atoms with Gasteiger partial charge in [0.05, 0.1) is 0 Å². The summed E-state index contributed by atoms with van der Waals surface area (Å²) in [5, 5.41) is 1.86. The molecule has 0 aliphatic carbocycles. The van der Waals surface area contributed by atoms with Crippen LogP contribution in [0.1, 0.15) is 19.4 Å². The third-order valence-corrected chi connectivity index (χ3v) is 4.98. The zero-order valence-corrected chi connectivity index (χ0v) is 14.3. The van der Waals surface area contributed by atoms with Gasteiger partial charge < -0.3 is 4.98 Å². The highest BCUT2D eigenvalue weighted by molar-refractivity contribution is 9.10. The molecule has 2 rings (SSSR count). The van der Waals surface area contributed by atoms with Crippen LogP contribution < -0.4 is 15.3 Å². The largest absolute Gasteiger partial charge is 0.345 e. The molecular weight excluding hydrogens is 352 g/mol. The Labute approximate surface area is 132 Å². The molecule has 6 heteroatoms. The van der Waals surface area contributed by atoms with Crippen molar-refractivity contribution in [2.75, 3.05) is 0 Å². The Hall–Kier alpha value is -1.37. The van der Waals surface area contributed by atoms with Crippen molar-refractivity contribution in [2.24, 2.45) is 0 Å². The molecule has 0 atom stereocenters. The van der Waals surface area contributed by atoms with Crippen LogP contribution in [0.25, 0.3) is 12.2 Å². The molecule has 0 spiro atoms. The van der Waals surface area contributed by atoms with Crippen LogP contribution in [0, 0.1) is 0 Å². The van der Waals surface area contributed by atoms with E-state index in [1.165, 1.54) is 0 Å². The summed E-state index contributed by atoms with van der Waals surface area (Å²) < 4.78 is 28.1. The second-order valence-corrected chi connectivity index (χ2v) is 7.18. The number of aromatic nitrogens is 1. The van der Waals surface area contributed by atoms with E-state index in [2.05, 4.69) is 25.6 Å². The molecule has 2 N–H and O–H groups in total. The number of halogens is 1. The van der Waals surface area contributed by atoms with Crippen LogP contribution in [-0.2, 0) is 16.6 Å². The van der Waals surface area contributed by atoms with Crippen LogP contribution >= 0.6 is 15.9 Å². The van der Waals surface area contributed by atoms with E-state index in [4.69, 9.17) is 0 Å². The summed E-state index contributed by atoms with van der Waals surface area (Å²) >= 11 is 3.35. The van der Waals surface area contributed by atoms with E-state index in [0.717, 1.165) is 20.6 Å². The van der Waals surface area contributed by atoms with Gasteiger partial charge in [0.15, 0.2) is 0 Å². The number of hydrogen-bond donors (Lipinski definition) is 2. The lowest BCUT2D eigenvalue weighted by Crippen LogP contribution is -2.24. The molecule has 1 aromatic heterocycles. The van der Waals surface area contributed by atoms with E-state index < -0.39 is 10.0 Å². The van der Waals surface area contributed by atoms with Crippen molar-refractivity contribution in [3.05, 3.63) is 50.9 Å². The third kappa shape index (κ3) is 3.84. The molecule has 1 heterocycles. The highest BCUT2D eigenvalue weighted by Crippen LogP contribution is 2.11. The zero-order chi connectivity index (χ0) is 15.5. The van der Waals surface area contributed by atoms with Crippen molar-refractivity contribution in [3.8, 4) is 0 Å². The predicted molar refractivity (Wildman–Crippen MR) is 88.5 cm³/mol. The molecule has 112 valence electrons. The van der Waals surface area contributed by atoms with Crippen molar-refractivity contribution in [2.45, 2.75) is 25.4 Å². The van der Waals surface area contributed by atoms with Gasteiger partial charge in [-0.15, -0.1) is 0 Å². The fourth-order valence-corrected chi connectivity index (χ4v) is 3.24. The van der Waals surface area contributed by atoms with Crippen molar-refractivity contribution >= 4 is 38.1 Å². The molecule has 1 aromatic carbocycles. The lowest BCUT2D eigenvalue weighted by atomic mass is 10.2. The maximum atomic E-state index is 12.3. The molecule has 2 aromatic rings. The lowest BCUT2D eigenvalue weighted by Gasteiger charge is -2.05. The first-order valence-electron chi connectivity index (χ1n) is 6.52. The van der Waals surface area contributed by atoms with Crippen LogP contribution in [0.5, 0.6) is 0 Å². The minimum absolute atomic E-state index is 0.181. The number of sulfonamides is 1. The Morgan fingerprint density at radius 3 is 2.38 bits per heavy atom. The van der Waals surface area contributed by atoms with Crippen LogP contribution in [-0.4, -0.2) is 13.4 Å². The average Bonchev–Trinajstić information content (AvgIpc) is 2.91. The van der Waals surface area contributed by atoms with Crippen LogP contribution in [0.15, 0.2) is 39.8 Å². The maximum absolute atomic E-state index is 12.3. The molecule has 0 fully saturated rings. The van der Waals surface area contributed by atoms with E-state index in [0.29, 0.717) is 0 Å². The normalized spacial score (nSPS) is 13.9. The fourth-order valence-electron chi connectivity index (χ4n) is 1.94. The first-order chi connectivity index (χ1) is 9.96. The summed E-state index contributed by atoms with van der Waals surface area (Å²) in [6, 6.07) is 9.15. The minimum Gasteiger partial charge on any atom is -0.345 e. The third-order valence-electron chi connectivity index (χ3n) is 3.12. The Morgan fingerprint density at radius 2 is 1.86 bits per heavy atom. The average molecular weight is 369 g/mol. The van der Waals surface area contributed by atoms with Crippen molar-refractivity contribution in [1.82, 2.24) is 9.71 Å². The molecule has 0 aliphatic heterocycles. The summed E-state index contributed by atoms with van der Waals surface area (Å²) in [5.41, 5.74) is 0.901. The Bertz CT molecular complexity index is 805. The fraction of sp³-hybridized carbons (Fsp3) is 0.200. The topological polar surface area (TPSA) is 62.0 Å². The minimum atomic E-state index is -3.55. The van der Waals surface area contributed by atoms with Gasteiger partial charge in [0.1, 0.15) is 5.03 Å². The molecule has 21 heavy (non-hydrogen) atoms. The number of aromatic amines is 1. The van der Waals surface area contributed by atoms with Gasteiger partial charge in [-0.05, 0) is 42.8 Å². The van der Waals surface area contributed by atoms with Gasteiger partial charge in [-0.2, -0.15) is 0 Å². The van der Waals surface area contributed by atoms with Gasteiger partial charge in [-0.1, -0.05) is 40.2 Å². The number of H-pyrrole nitrogens is 1. The van der Waals surface area contributed by atoms with Crippen LogP contribution in [0.3, 0.4) is 0 Å². The van der Waals surface area contributed by atoms with Gasteiger partial charge >= 0.3 is 0 Å². The number of nitrogens with one attached hydrogen (secondary N) is 2. The van der Waals surface area contributed by atoms with Gasteiger partial charge in [0.2, 0.25) is 0 Å². The first-order valence-corrected chi connectivity index (χ1v) is 8.79. The highest BCUT2D eigenvalue weighted by Gasteiger charge is 2.15. The molecule has 0 saturated carbocycles. The first kappa shape index (κ1) is 16.0. The van der Waals surface area contributed by atoms with Crippen molar-refractivity contribution < 1.29 is 8.42 Å². The summed E-state index contributed by atoms with van der Waals surface area (Å²) in [6.45, 7) is 4.00. The Morgan fingerprint density at radius 1 is 1.19 bits per heavy atom. The summed E-state index contributed by atoms with van der Waals surface area (Å²) in [6.07, 6.45) is 3.72. The molecule has 0 amide bonds.